The van der Waals surface area contributed by atoms with Crippen molar-refractivity contribution < 1.29 is 15.3 Å². The summed E-state index contributed by atoms with van der Waals surface area (Å²) in [6.45, 7) is 1.69. The fourth-order valence-electron chi connectivity index (χ4n) is 0.554. The van der Waals surface area contributed by atoms with Crippen molar-refractivity contribution in [3.8, 4) is 0 Å². The molecule has 72 valence electrons. The second-order valence-corrected chi connectivity index (χ2v) is 4.08. The zero-order valence-corrected chi connectivity index (χ0v) is 8.53. The van der Waals surface area contributed by atoms with E-state index in [2.05, 4.69) is 0 Å². The van der Waals surface area contributed by atoms with Crippen molar-refractivity contribution in [1.29, 1.82) is 0 Å². The number of hydrogen-bond donors (Lipinski definition) is 3. The van der Waals surface area contributed by atoms with Crippen LogP contribution in [0, 0.1) is 0 Å². The largest absolute Gasteiger partial charge is 0.503 e. The molecule has 0 aliphatic carbocycles. The maximum absolute atomic E-state index is 8.99. The molecule has 0 rings (SSSR count). The second-order valence-electron chi connectivity index (χ2n) is 2.17. The molecule has 0 amide bonds. The lowest BCUT2D eigenvalue weighted by atomic mass is 10.2. The maximum atomic E-state index is 8.99. The first kappa shape index (κ1) is 12.0. The molecule has 0 aromatic rings. The Labute approximate surface area is 85.2 Å². The summed E-state index contributed by atoms with van der Waals surface area (Å²) in [6, 6.07) is 0. The zero-order valence-electron chi connectivity index (χ0n) is 6.26. The van der Waals surface area contributed by atoms with Crippen LogP contribution in [0.4, 0.5) is 0 Å². The molecular weight excluding hydrogens is 226 g/mol. The van der Waals surface area contributed by atoms with E-state index in [9.17, 15) is 0 Å². The minimum atomic E-state index is -1.87. The molecule has 0 spiro atoms. The van der Waals surface area contributed by atoms with Crippen molar-refractivity contribution in [3.05, 3.63) is 11.7 Å². The van der Waals surface area contributed by atoms with Gasteiger partial charge in [0.1, 0.15) is 0 Å². The van der Waals surface area contributed by atoms with E-state index in [4.69, 9.17) is 50.1 Å². The Kier molecular flexibility index (Phi) is 4.31. The van der Waals surface area contributed by atoms with Gasteiger partial charge in [-0.1, -0.05) is 30.1 Å². The first-order chi connectivity index (χ1) is 5.34. The number of rotatable bonds is 3. The van der Waals surface area contributed by atoms with Crippen LogP contribution in [0.2, 0.25) is 0 Å². The number of aliphatic hydroxyl groups is 3. The van der Waals surface area contributed by atoms with Crippen molar-refractivity contribution in [2.75, 3.05) is 0 Å². The fraction of sp³-hybridized carbons (Fsp3) is 0.667. The third kappa shape index (κ3) is 2.51. The van der Waals surface area contributed by atoms with Crippen LogP contribution in [0.15, 0.2) is 11.7 Å². The van der Waals surface area contributed by atoms with Crippen LogP contribution < -0.4 is 0 Å². The van der Waals surface area contributed by atoms with Crippen molar-refractivity contribution in [2.45, 2.75) is 23.1 Å². The van der Waals surface area contributed by atoms with Gasteiger partial charge < -0.3 is 15.3 Å². The van der Waals surface area contributed by atoms with Crippen LogP contribution in [0.3, 0.4) is 0 Å². The fourth-order valence-corrected chi connectivity index (χ4v) is 1.13. The van der Waals surface area contributed by atoms with Crippen LogP contribution in [0.1, 0.15) is 13.3 Å². The van der Waals surface area contributed by atoms with E-state index >= 15 is 0 Å². The van der Waals surface area contributed by atoms with Crippen molar-refractivity contribution in [1.82, 2.24) is 0 Å². The third-order valence-electron chi connectivity index (χ3n) is 1.28. The Morgan fingerprint density at radius 1 is 1.33 bits per heavy atom. The van der Waals surface area contributed by atoms with Gasteiger partial charge in [0.05, 0.1) is 5.38 Å². The van der Waals surface area contributed by atoms with Gasteiger partial charge in [0.25, 0.3) is 0 Å². The number of alkyl halides is 3. The lowest BCUT2D eigenvalue weighted by Gasteiger charge is -2.22. The molecule has 3 nitrogen and oxygen atoms in total. The van der Waals surface area contributed by atoms with Crippen molar-refractivity contribution in [2.24, 2.45) is 0 Å². The summed E-state index contributed by atoms with van der Waals surface area (Å²) >= 11 is 16.7. The monoisotopic (exact) mass is 234 g/mol. The molecule has 0 aliphatic rings. The number of allylic oxidation sites excluding steroid dienone is 1. The van der Waals surface area contributed by atoms with Crippen molar-refractivity contribution in [3.63, 3.8) is 0 Å². The third-order valence-corrected chi connectivity index (χ3v) is 3.02. The van der Waals surface area contributed by atoms with Gasteiger partial charge in [0.2, 0.25) is 5.76 Å². The quantitative estimate of drug-likeness (QED) is 0.520. The predicted molar refractivity (Wildman–Crippen MR) is 49.3 cm³/mol. The molecule has 0 bridgehead atoms. The highest BCUT2D eigenvalue weighted by molar-refractivity contribution is 6.54. The molecule has 6 heteroatoms. The average molecular weight is 235 g/mol. The average Bonchev–Trinajstić information content (AvgIpc) is 2.01. The molecule has 1 atom stereocenters. The smallest absolute Gasteiger partial charge is 0.317 e. The second kappa shape index (κ2) is 4.30. The van der Waals surface area contributed by atoms with E-state index in [1.54, 1.807) is 6.92 Å². The lowest BCUT2D eigenvalue weighted by molar-refractivity contribution is 0.152. The minimum absolute atomic E-state index is 0.381. The van der Waals surface area contributed by atoms with Gasteiger partial charge in [0, 0.05) is 0 Å². The summed E-state index contributed by atoms with van der Waals surface area (Å²) in [4.78, 5) is 0. The predicted octanol–water partition coefficient (Wildman–Crippen LogP) is 3.02. The van der Waals surface area contributed by atoms with E-state index < -0.39 is 21.4 Å². The van der Waals surface area contributed by atoms with Gasteiger partial charge in [-0.3, -0.25) is 0 Å². The van der Waals surface area contributed by atoms with Gasteiger partial charge in [-0.2, -0.15) is 0 Å². The minimum Gasteiger partial charge on any atom is -0.503 e. The molecule has 0 aromatic carbocycles. The molecule has 0 saturated heterocycles. The Balaban J connectivity index is 4.73. The van der Waals surface area contributed by atoms with Crippen LogP contribution in [-0.2, 0) is 0 Å². The van der Waals surface area contributed by atoms with Crippen LogP contribution in [0.5, 0.6) is 0 Å². The highest BCUT2D eigenvalue weighted by Crippen LogP contribution is 2.37. The van der Waals surface area contributed by atoms with E-state index in [1.165, 1.54) is 0 Å². The molecule has 0 heterocycles. The summed E-state index contributed by atoms with van der Waals surface area (Å²) in [5, 5.41) is 25.1. The standard InChI is InChI=1S/C6H9Cl3O3/c1-2-3(7)6(8,9)4(10)5(11)12/h3,10-12H,2H2,1H3. The van der Waals surface area contributed by atoms with Gasteiger partial charge in [0.15, 0.2) is 4.33 Å². The molecule has 0 radical (unpaired) electrons. The van der Waals surface area contributed by atoms with E-state index in [-0.39, 0.29) is 0 Å². The number of aliphatic hydroxyl groups excluding tert-OH is 2. The Bertz CT molecular complexity index is 186. The van der Waals surface area contributed by atoms with Gasteiger partial charge in [-0.15, -0.1) is 11.6 Å². The molecule has 1 unspecified atom stereocenters. The first-order valence-electron chi connectivity index (χ1n) is 3.17. The molecule has 0 aromatic heterocycles. The summed E-state index contributed by atoms with van der Waals surface area (Å²) < 4.78 is -1.87. The van der Waals surface area contributed by atoms with E-state index in [0.29, 0.717) is 6.42 Å². The van der Waals surface area contributed by atoms with E-state index in [1.807, 2.05) is 0 Å². The SMILES string of the molecule is CCC(Cl)C(Cl)(Cl)C(O)=C(O)O. The van der Waals surface area contributed by atoms with Crippen molar-refractivity contribution >= 4 is 34.8 Å². The lowest BCUT2D eigenvalue weighted by Crippen LogP contribution is -2.29. The Morgan fingerprint density at radius 2 is 1.75 bits per heavy atom. The van der Waals surface area contributed by atoms with Crippen LogP contribution in [0.25, 0.3) is 0 Å². The summed E-state index contributed by atoms with van der Waals surface area (Å²) in [7, 11) is 0. The van der Waals surface area contributed by atoms with Gasteiger partial charge >= 0.3 is 5.95 Å². The Morgan fingerprint density at radius 3 is 2.00 bits per heavy atom. The van der Waals surface area contributed by atoms with E-state index in [0.717, 1.165) is 0 Å². The molecule has 12 heavy (non-hydrogen) atoms. The molecule has 0 fully saturated rings. The normalized spacial score (nSPS) is 14.0. The van der Waals surface area contributed by atoms with Crippen LogP contribution >= 0.6 is 34.8 Å². The Hall–Kier alpha value is 0.01000. The molecule has 3 N–H and O–H groups in total. The maximum Gasteiger partial charge on any atom is 0.317 e. The number of halogens is 3. The zero-order chi connectivity index (χ0) is 9.94. The molecule has 0 aliphatic heterocycles. The summed E-state index contributed by atoms with van der Waals surface area (Å²) in [5.41, 5.74) is 0. The highest BCUT2D eigenvalue weighted by Gasteiger charge is 2.39. The molecular formula is C6H9Cl3O3. The van der Waals surface area contributed by atoms with Gasteiger partial charge in [-0.05, 0) is 6.42 Å². The topological polar surface area (TPSA) is 60.7 Å². The summed E-state index contributed by atoms with van der Waals surface area (Å²) in [6.07, 6.45) is 0.381. The first-order valence-corrected chi connectivity index (χ1v) is 4.36. The van der Waals surface area contributed by atoms with Gasteiger partial charge in [-0.25, -0.2) is 0 Å². The summed E-state index contributed by atoms with van der Waals surface area (Å²) in [5.74, 6) is -2.26. The number of hydrogen-bond acceptors (Lipinski definition) is 3. The van der Waals surface area contributed by atoms with Crippen LogP contribution in [-0.4, -0.2) is 25.0 Å². The molecule has 0 saturated carbocycles. The highest BCUT2D eigenvalue weighted by atomic mass is 35.5.